The molecule has 33 heavy (non-hydrogen) atoms. The number of ether oxygens (including phenoxy) is 2. The lowest BCUT2D eigenvalue weighted by atomic mass is 9.96. The maximum absolute atomic E-state index is 12.4. The van der Waals surface area contributed by atoms with Crippen LogP contribution in [0.3, 0.4) is 0 Å². The van der Waals surface area contributed by atoms with E-state index in [2.05, 4.69) is 42.2 Å². The zero-order chi connectivity index (χ0) is 22.9. The van der Waals surface area contributed by atoms with Gasteiger partial charge in [0, 0.05) is 35.7 Å². The second kappa shape index (κ2) is 8.75. The average molecular weight is 442 g/mol. The van der Waals surface area contributed by atoms with Gasteiger partial charge in [-0.1, -0.05) is 49.4 Å². The number of rotatable bonds is 5. The van der Waals surface area contributed by atoms with Crippen molar-refractivity contribution in [2.75, 3.05) is 20.4 Å². The second-order valence-electron chi connectivity index (χ2n) is 8.67. The summed E-state index contributed by atoms with van der Waals surface area (Å²) in [4.78, 5) is 14.7. The van der Waals surface area contributed by atoms with E-state index in [9.17, 15) is 4.79 Å². The van der Waals surface area contributed by atoms with E-state index in [-0.39, 0.29) is 5.63 Å². The number of fused-ring (bicyclic) bond motifs is 2. The Bertz CT molecular complexity index is 1340. The van der Waals surface area contributed by atoms with Crippen LogP contribution >= 0.6 is 0 Å². The zero-order valence-corrected chi connectivity index (χ0v) is 19.1. The lowest BCUT2D eigenvalue weighted by Crippen LogP contribution is -2.35. The van der Waals surface area contributed by atoms with Crippen LogP contribution in [0.5, 0.6) is 11.5 Å². The molecule has 0 bridgehead atoms. The Balaban J connectivity index is 1.52. The molecule has 0 spiro atoms. The average Bonchev–Trinajstić information content (AvgIpc) is 2.85. The lowest BCUT2D eigenvalue weighted by molar-refractivity contribution is 0.0900. The zero-order valence-electron chi connectivity index (χ0n) is 19.1. The predicted octanol–water partition coefficient (Wildman–Crippen LogP) is 5.73. The van der Waals surface area contributed by atoms with Crippen molar-refractivity contribution < 1.29 is 13.9 Å². The molecule has 3 aromatic carbocycles. The summed E-state index contributed by atoms with van der Waals surface area (Å²) in [6.07, 6.45) is 0. The van der Waals surface area contributed by atoms with Gasteiger partial charge in [0.1, 0.15) is 23.8 Å². The van der Waals surface area contributed by atoms with Gasteiger partial charge in [-0.05, 0) is 47.7 Å². The lowest BCUT2D eigenvalue weighted by Gasteiger charge is -2.32. The first kappa shape index (κ1) is 21.3. The Kier molecular flexibility index (Phi) is 5.65. The molecule has 0 amide bonds. The summed E-state index contributed by atoms with van der Waals surface area (Å²) >= 11 is 0. The van der Waals surface area contributed by atoms with Crippen LogP contribution in [0.25, 0.3) is 22.1 Å². The molecule has 0 unspecified atom stereocenters. The number of hydrogen-bond acceptors (Lipinski definition) is 5. The number of nitrogens with zero attached hydrogens (tertiary/aromatic N) is 1. The third-order valence-electron chi connectivity index (χ3n) is 6.38. The topological polar surface area (TPSA) is 51.9 Å². The number of benzene rings is 3. The Morgan fingerprint density at radius 3 is 2.55 bits per heavy atom. The van der Waals surface area contributed by atoms with Gasteiger partial charge in [-0.2, -0.15) is 0 Å². The van der Waals surface area contributed by atoms with E-state index < -0.39 is 0 Å². The molecule has 0 saturated carbocycles. The summed E-state index contributed by atoms with van der Waals surface area (Å²) in [5, 5.41) is 0.914. The summed E-state index contributed by atoms with van der Waals surface area (Å²) in [5.74, 6) is 1.99. The third kappa shape index (κ3) is 4.12. The van der Waals surface area contributed by atoms with Gasteiger partial charge >= 0.3 is 5.63 Å². The molecule has 5 heteroatoms. The molecule has 0 radical (unpaired) electrons. The van der Waals surface area contributed by atoms with E-state index in [0.29, 0.717) is 18.2 Å². The van der Waals surface area contributed by atoms with Gasteiger partial charge in [0.05, 0.1) is 7.11 Å². The third-order valence-corrected chi connectivity index (χ3v) is 6.38. The van der Waals surface area contributed by atoms with E-state index in [1.807, 2.05) is 37.3 Å². The largest absolute Gasteiger partial charge is 0.497 e. The smallest absolute Gasteiger partial charge is 0.336 e. The van der Waals surface area contributed by atoms with E-state index in [0.717, 1.165) is 52.2 Å². The summed E-state index contributed by atoms with van der Waals surface area (Å²) in [6, 6.07) is 22.0. The van der Waals surface area contributed by atoms with Gasteiger partial charge in [-0.25, -0.2) is 4.79 Å². The summed E-state index contributed by atoms with van der Waals surface area (Å²) in [5.41, 5.74) is 5.30. The molecule has 5 rings (SSSR count). The van der Waals surface area contributed by atoms with Gasteiger partial charge in [0.2, 0.25) is 0 Å². The highest BCUT2D eigenvalue weighted by atomic mass is 16.5. The molecular formula is C28H27NO4. The molecule has 168 valence electrons. The van der Waals surface area contributed by atoms with Crippen molar-refractivity contribution in [3.63, 3.8) is 0 Å². The van der Waals surface area contributed by atoms with E-state index in [1.54, 1.807) is 13.2 Å². The highest BCUT2D eigenvalue weighted by Crippen LogP contribution is 2.38. The molecule has 0 fully saturated rings. The monoisotopic (exact) mass is 441 g/mol. The van der Waals surface area contributed by atoms with Crippen molar-refractivity contribution in [2.45, 2.75) is 26.3 Å². The maximum atomic E-state index is 12.4. The van der Waals surface area contributed by atoms with Crippen LogP contribution in [0, 0.1) is 6.92 Å². The van der Waals surface area contributed by atoms with Gasteiger partial charge in [-0.3, -0.25) is 4.90 Å². The van der Waals surface area contributed by atoms with Gasteiger partial charge < -0.3 is 13.9 Å². The first-order chi connectivity index (χ1) is 16.0. The van der Waals surface area contributed by atoms with Gasteiger partial charge in [0.25, 0.3) is 0 Å². The molecule has 0 N–H and O–H groups in total. The minimum atomic E-state index is -0.370. The summed E-state index contributed by atoms with van der Waals surface area (Å²) in [6.45, 7) is 6.40. The first-order valence-corrected chi connectivity index (χ1v) is 11.2. The van der Waals surface area contributed by atoms with E-state index in [1.165, 1.54) is 5.56 Å². The fourth-order valence-electron chi connectivity index (χ4n) is 4.67. The molecule has 0 aliphatic carbocycles. The number of hydrogen-bond donors (Lipinski definition) is 0. The summed E-state index contributed by atoms with van der Waals surface area (Å²) < 4.78 is 17.1. The molecule has 2 heterocycles. The fourth-order valence-corrected chi connectivity index (χ4v) is 4.67. The predicted molar refractivity (Wildman–Crippen MR) is 130 cm³/mol. The highest BCUT2D eigenvalue weighted by Gasteiger charge is 2.24. The molecule has 1 aliphatic rings. The second-order valence-corrected chi connectivity index (χ2v) is 8.67. The van der Waals surface area contributed by atoms with Gasteiger partial charge in [0.15, 0.2) is 0 Å². The standard InChI is InChI=1S/C28H27NO4/c1-18(20-7-5-4-6-8-20)15-29-16-22-13-25-24(21-9-11-23(31-3)12-10-21)14-26(30)33-28(25)19(2)27(22)32-17-29/h4-14,18H,15-17H2,1-3H3/t18-/m1/s1. The Hall–Kier alpha value is -3.57. The van der Waals surface area contributed by atoms with Crippen LogP contribution in [-0.2, 0) is 6.54 Å². The first-order valence-electron chi connectivity index (χ1n) is 11.2. The Morgan fingerprint density at radius 2 is 1.82 bits per heavy atom. The Labute approximate surface area is 193 Å². The van der Waals surface area contributed by atoms with Crippen molar-refractivity contribution in [3.05, 3.63) is 93.8 Å². The van der Waals surface area contributed by atoms with Crippen molar-refractivity contribution in [3.8, 4) is 22.6 Å². The maximum Gasteiger partial charge on any atom is 0.336 e. The molecular weight excluding hydrogens is 414 g/mol. The molecule has 5 nitrogen and oxygen atoms in total. The highest BCUT2D eigenvalue weighted by molar-refractivity contribution is 5.96. The van der Waals surface area contributed by atoms with Crippen LogP contribution in [0.15, 0.2) is 75.9 Å². The molecule has 1 aromatic heterocycles. The number of aryl methyl sites for hydroxylation is 1. The normalized spacial score (nSPS) is 14.5. The van der Waals surface area contributed by atoms with Crippen molar-refractivity contribution in [1.29, 1.82) is 0 Å². The minimum absolute atomic E-state index is 0.370. The van der Waals surface area contributed by atoms with Crippen LogP contribution < -0.4 is 15.1 Å². The summed E-state index contributed by atoms with van der Waals surface area (Å²) in [7, 11) is 1.64. The molecule has 1 aliphatic heterocycles. The van der Waals surface area contributed by atoms with Crippen molar-refractivity contribution >= 4 is 11.0 Å². The molecule has 4 aromatic rings. The van der Waals surface area contributed by atoms with Gasteiger partial charge in [-0.15, -0.1) is 0 Å². The Morgan fingerprint density at radius 1 is 1.06 bits per heavy atom. The quantitative estimate of drug-likeness (QED) is 0.370. The van der Waals surface area contributed by atoms with Crippen LogP contribution in [0.4, 0.5) is 0 Å². The van der Waals surface area contributed by atoms with E-state index >= 15 is 0 Å². The number of methoxy groups -OCH3 is 1. The molecule has 1 atom stereocenters. The van der Waals surface area contributed by atoms with Crippen molar-refractivity contribution in [1.82, 2.24) is 4.90 Å². The SMILES string of the molecule is COc1ccc(-c2cc(=O)oc3c(C)c4c(cc23)CN(C[C@@H](C)c2ccccc2)CO4)cc1. The molecule has 0 saturated heterocycles. The van der Waals surface area contributed by atoms with Crippen LogP contribution in [0.1, 0.15) is 29.5 Å². The fraction of sp³-hybridized carbons (Fsp3) is 0.250. The van der Waals surface area contributed by atoms with E-state index in [4.69, 9.17) is 13.9 Å². The van der Waals surface area contributed by atoms with Crippen molar-refractivity contribution in [2.24, 2.45) is 0 Å². The minimum Gasteiger partial charge on any atom is -0.497 e. The van der Waals surface area contributed by atoms with Crippen LogP contribution in [0.2, 0.25) is 0 Å². The van der Waals surface area contributed by atoms with Crippen LogP contribution in [-0.4, -0.2) is 25.3 Å².